The molecule has 0 unspecified atom stereocenters. The number of benzene rings is 1. The normalized spacial score (nSPS) is 11.7. The molecule has 2 aromatic heterocycles. The average Bonchev–Trinajstić information content (AvgIpc) is 2.96. The van der Waals surface area contributed by atoms with Gasteiger partial charge in [-0.25, -0.2) is 14.5 Å². The Morgan fingerprint density at radius 3 is 2.73 bits per heavy atom. The van der Waals surface area contributed by atoms with Crippen molar-refractivity contribution >= 4 is 32.9 Å². The highest BCUT2D eigenvalue weighted by molar-refractivity contribution is 9.10. The number of aromatic nitrogens is 4. The Hall–Kier alpha value is -2.48. The van der Waals surface area contributed by atoms with Crippen molar-refractivity contribution in [3.8, 4) is 5.75 Å². The highest BCUT2D eigenvalue weighted by Gasteiger charge is 2.17. The summed E-state index contributed by atoms with van der Waals surface area (Å²) < 4.78 is 8.39. The van der Waals surface area contributed by atoms with Crippen molar-refractivity contribution in [2.75, 3.05) is 0 Å². The molecule has 0 fully saturated rings. The van der Waals surface area contributed by atoms with Crippen LogP contribution in [0.4, 0.5) is 0 Å². The van der Waals surface area contributed by atoms with Crippen molar-refractivity contribution in [3.63, 3.8) is 0 Å². The fraction of sp³-hybridized carbons (Fsp3) is 0.333. The lowest BCUT2D eigenvalue weighted by atomic mass is 9.97. The van der Waals surface area contributed by atoms with Crippen molar-refractivity contribution < 1.29 is 14.6 Å². The molecule has 0 saturated carbocycles. The van der Waals surface area contributed by atoms with E-state index in [0.29, 0.717) is 15.9 Å². The predicted octanol–water partition coefficient (Wildman–Crippen LogP) is 3.91. The molecule has 0 spiro atoms. The number of carboxylic acids is 1. The molecular formula is C18H19BrN4O3. The maximum Gasteiger partial charge on any atom is 0.354 e. The third-order valence-electron chi connectivity index (χ3n) is 3.62. The summed E-state index contributed by atoms with van der Waals surface area (Å²) in [5.41, 5.74) is 2.26. The van der Waals surface area contributed by atoms with Gasteiger partial charge in [0, 0.05) is 6.54 Å². The van der Waals surface area contributed by atoms with E-state index in [1.54, 1.807) is 12.1 Å². The Balaban J connectivity index is 1.82. The Bertz CT molecular complexity index is 963. The molecule has 0 amide bonds. The first-order chi connectivity index (χ1) is 12.2. The first-order valence-corrected chi connectivity index (χ1v) is 8.87. The number of aromatic carboxylic acids is 1. The van der Waals surface area contributed by atoms with Crippen LogP contribution >= 0.6 is 15.9 Å². The highest BCUT2D eigenvalue weighted by atomic mass is 79.9. The van der Waals surface area contributed by atoms with E-state index in [-0.39, 0.29) is 17.7 Å². The average molecular weight is 419 g/mol. The fourth-order valence-electron chi connectivity index (χ4n) is 2.49. The van der Waals surface area contributed by atoms with Gasteiger partial charge in [0.25, 0.3) is 0 Å². The fourth-order valence-corrected chi connectivity index (χ4v) is 3.02. The molecule has 0 bridgehead atoms. The van der Waals surface area contributed by atoms with Crippen LogP contribution in [-0.4, -0.2) is 31.1 Å². The van der Waals surface area contributed by atoms with E-state index in [4.69, 9.17) is 9.84 Å². The standard InChI is InChI=1S/C18H19BrN4O3/c1-18(2,3)10-23-13-7-8-14(15(19)16(13)21-22-23)26-9-11-5-4-6-12(20-11)17(24)25/h4-8H,9-10H2,1-3H3,(H,24,25). The van der Waals surface area contributed by atoms with Crippen LogP contribution in [0.3, 0.4) is 0 Å². The zero-order chi connectivity index (χ0) is 18.9. The van der Waals surface area contributed by atoms with E-state index < -0.39 is 5.97 Å². The van der Waals surface area contributed by atoms with Gasteiger partial charge in [-0.15, -0.1) is 5.10 Å². The zero-order valence-corrected chi connectivity index (χ0v) is 16.3. The van der Waals surface area contributed by atoms with Gasteiger partial charge in [-0.2, -0.15) is 0 Å². The molecule has 8 heteroatoms. The third-order valence-corrected chi connectivity index (χ3v) is 4.38. The number of pyridine rings is 1. The summed E-state index contributed by atoms with van der Waals surface area (Å²) in [6.45, 7) is 7.34. The first-order valence-electron chi connectivity index (χ1n) is 8.08. The topological polar surface area (TPSA) is 90.1 Å². The molecule has 0 radical (unpaired) electrons. The number of rotatable bonds is 5. The number of carboxylic acid groups (broad SMARTS) is 1. The van der Waals surface area contributed by atoms with Crippen LogP contribution in [0.15, 0.2) is 34.8 Å². The first kappa shape index (κ1) is 18.3. The molecule has 26 heavy (non-hydrogen) atoms. The van der Waals surface area contributed by atoms with Crippen LogP contribution < -0.4 is 4.74 Å². The largest absolute Gasteiger partial charge is 0.486 e. The van der Waals surface area contributed by atoms with E-state index in [0.717, 1.165) is 17.6 Å². The third kappa shape index (κ3) is 4.01. The molecule has 7 nitrogen and oxygen atoms in total. The van der Waals surface area contributed by atoms with Gasteiger partial charge in [0.15, 0.2) is 0 Å². The van der Waals surface area contributed by atoms with Gasteiger partial charge >= 0.3 is 5.97 Å². The lowest BCUT2D eigenvalue weighted by Gasteiger charge is -2.18. The summed E-state index contributed by atoms with van der Waals surface area (Å²) >= 11 is 3.53. The SMILES string of the molecule is CC(C)(C)Cn1nnc2c(Br)c(OCc3cccc(C(=O)O)n3)ccc21. The molecule has 1 N–H and O–H groups in total. The molecule has 0 aliphatic carbocycles. The predicted molar refractivity (Wildman–Crippen MR) is 100 cm³/mol. The van der Waals surface area contributed by atoms with Gasteiger partial charge in [0.2, 0.25) is 0 Å². The number of nitrogens with zero attached hydrogens (tertiary/aromatic N) is 4. The molecule has 1 aromatic carbocycles. The van der Waals surface area contributed by atoms with E-state index in [9.17, 15) is 4.79 Å². The van der Waals surface area contributed by atoms with Crippen LogP contribution in [0.5, 0.6) is 5.75 Å². The minimum Gasteiger partial charge on any atom is -0.486 e. The number of hydrogen-bond donors (Lipinski definition) is 1. The highest BCUT2D eigenvalue weighted by Crippen LogP contribution is 2.33. The maximum absolute atomic E-state index is 11.0. The second-order valence-electron chi connectivity index (χ2n) is 7.16. The molecule has 2 heterocycles. The van der Waals surface area contributed by atoms with E-state index in [1.165, 1.54) is 6.07 Å². The number of fused-ring (bicyclic) bond motifs is 1. The quantitative estimate of drug-likeness (QED) is 0.675. The second kappa shape index (κ2) is 7.03. The zero-order valence-electron chi connectivity index (χ0n) is 14.7. The summed E-state index contributed by atoms with van der Waals surface area (Å²) in [5, 5.41) is 17.5. The minimum atomic E-state index is -1.06. The van der Waals surface area contributed by atoms with Crippen LogP contribution in [0.25, 0.3) is 11.0 Å². The van der Waals surface area contributed by atoms with Crippen LogP contribution in [-0.2, 0) is 13.2 Å². The molecule has 136 valence electrons. The van der Waals surface area contributed by atoms with Gasteiger partial charge in [-0.1, -0.05) is 32.1 Å². The van der Waals surface area contributed by atoms with Crippen molar-refractivity contribution in [1.29, 1.82) is 0 Å². The molecule has 3 rings (SSSR count). The summed E-state index contributed by atoms with van der Waals surface area (Å²) in [6.07, 6.45) is 0. The van der Waals surface area contributed by atoms with E-state index in [1.807, 2.05) is 16.8 Å². The molecule has 0 atom stereocenters. The Labute approximate surface area is 159 Å². The van der Waals surface area contributed by atoms with Gasteiger partial charge in [-0.3, -0.25) is 0 Å². The van der Waals surface area contributed by atoms with Crippen LogP contribution in [0.1, 0.15) is 37.0 Å². The minimum absolute atomic E-state index is 0.00857. The number of hydrogen-bond acceptors (Lipinski definition) is 5. The smallest absolute Gasteiger partial charge is 0.354 e. The summed E-state index contributed by atoms with van der Waals surface area (Å²) in [6, 6.07) is 8.57. The lowest BCUT2D eigenvalue weighted by molar-refractivity contribution is 0.0690. The van der Waals surface area contributed by atoms with E-state index in [2.05, 4.69) is 52.0 Å². The molecular weight excluding hydrogens is 400 g/mol. The van der Waals surface area contributed by atoms with Crippen LogP contribution in [0.2, 0.25) is 0 Å². The summed E-state index contributed by atoms with van der Waals surface area (Å²) in [4.78, 5) is 15.1. The van der Waals surface area contributed by atoms with Crippen molar-refractivity contribution in [2.24, 2.45) is 5.41 Å². The molecule has 0 saturated heterocycles. The van der Waals surface area contributed by atoms with Crippen molar-refractivity contribution in [1.82, 2.24) is 20.0 Å². The van der Waals surface area contributed by atoms with Gasteiger partial charge < -0.3 is 9.84 Å². The van der Waals surface area contributed by atoms with E-state index >= 15 is 0 Å². The number of carbonyl (C=O) groups is 1. The summed E-state index contributed by atoms with van der Waals surface area (Å²) in [7, 11) is 0. The van der Waals surface area contributed by atoms with Crippen molar-refractivity contribution in [2.45, 2.75) is 33.9 Å². The molecule has 0 aliphatic rings. The number of halogens is 1. The van der Waals surface area contributed by atoms with Gasteiger partial charge in [0.1, 0.15) is 23.6 Å². The monoisotopic (exact) mass is 418 g/mol. The van der Waals surface area contributed by atoms with Gasteiger partial charge in [0.05, 0.1) is 15.7 Å². The number of ether oxygens (including phenoxy) is 1. The maximum atomic E-state index is 11.0. The second-order valence-corrected chi connectivity index (χ2v) is 7.95. The Morgan fingerprint density at radius 1 is 1.27 bits per heavy atom. The Kier molecular flexibility index (Phi) is 4.95. The molecule has 0 aliphatic heterocycles. The lowest BCUT2D eigenvalue weighted by Crippen LogP contribution is -2.16. The summed E-state index contributed by atoms with van der Waals surface area (Å²) in [5.74, 6) is -0.465. The van der Waals surface area contributed by atoms with Crippen LogP contribution in [0, 0.1) is 5.41 Å². The van der Waals surface area contributed by atoms with Gasteiger partial charge in [-0.05, 0) is 45.6 Å². The van der Waals surface area contributed by atoms with Crippen molar-refractivity contribution in [3.05, 3.63) is 46.2 Å². The molecule has 3 aromatic rings. The Morgan fingerprint density at radius 2 is 2.04 bits per heavy atom.